The molecule has 16 heavy (non-hydrogen) atoms. The van der Waals surface area contributed by atoms with Crippen LogP contribution in [-0.2, 0) is 6.54 Å². The van der Waals surface area contributed by atoms with Gasteiger partial charge >= 0.3 is 0 Å². The Morgan fingerprint density at radius 2 is 2.06 bits per heavy atom. The SMILES string of the molecule is Cc1ccc(C)c(-c2ccnn2CCO)c1. The van der Waals surface area contributed by atoms with Crippen molar-refractivity contribution in [3.8, 4) is 11.3 Å². The minimum atomic E-state index is 0.111. The molecular weight excluding hydrogens is 200 g/mol. The first-order chi connectivity index (χ1) is 7.72. The second-order valence-electron chi connectivity index (χ2n) is 3.98. The van der Waals surface area contributed by atoms with Crippen LogP contribution < -0.4 is 0 Å². The van der Waals surface area contributed by atoms with Gasteiger partial charge in [-0.25, -0.2) is 0 Å². The van der Waals surface area contributed by atoms with Crippen molar-refractivity contribution >= 4 is 0 Å². The van der Waals surface area contributed by atoms with E-state index < -0.39 is 0 Å². The molecule has 1 aromatic carbocycles. The van der Waals surface area contributed by atoms with Crippen LogP contribution in [0, 0.1) is 13.8 Å². The van der Waals surface area contributed by atoms with Crippen molar-refractivity contribution < 1.29 is 5.11 Å². The van der Waals surface area contributed by atoms with E-state index in [9.17, 15) is 0 Å². The molecule has 1 aromatic heterocycles. The summed E-state index contributed by atoms with van der Waals surface area (Å²) < 4.78 is 1.84. The largest absolute Gasteiger partial charge is 0.394 e. The number of rotatable bonds is 3. The Labute approximate surface area is 95.3 Å². The van der Waals surface area contributed by atoms with Gasteiger partial charge in [-0.15, -0.1) is 0 Å². The standard InChI is InChI=1S/C13H16N2O/c1-10-3-4-11(2)12(9-10)13-5-6-14-15(13)7-8-16/h3-6,9,16H,7-8H2,1-2H3. The lowest BCUT2D eigenvalue weighted by Crippen LogP contribution is -2.06. The highest BCUT2D eigenvalue weighted by molar-refractivity contribution is 5.64. The summed E-state index contributed by atoms with van der Waals surface area (Å²) >= 11 is 0. The highest BCUT2D eigenvalue weighted by Gasteiger charge is 2.07. The topological polar surface area (TPSA) is 38.0 Å². The molecule has 0 atom stereocenters. The van der Waals surface area contributed by atoms with E-state index in [1.807, 2.05) is 10.7 Å². The predicted octanol–water partition coefficient (Wildman–Crippen LogP) is 2.16. The Balaban J connectivity index is 2.49. The first-order valence-corrected chi connectivity index (χ1v) is 5.42. The van der Waals surface area contributed by atoms with Crippen molar-refractivity contribution in [2.45, 2.75) is 20.4 Å². The van der Waals surface area contributed by atoms with Crippen LogP contribution in [0.1, 0.15) is 11.1 Å². The summed E-state index contributed by atoms with van der Waals surface area (Å²) in [7, 11) is 0. The minimum Gasteiger partial charge on any atom is -0.394 e. The fourth-order valence-corrected chi connectivity index (χ4v) is 1.85. The predicted molar refractivity (Wildman–Crippen MR) is 64.2 cm³/mol. The smallest absolute Gasteiger partial charge is 0.0685 e. The zero-order valence-electron chi connectivity index (χ0n) is 9.64. The van der Waals surface area contributed by atoms with Crippen molar-refractivity contribution in [1.82, 2.24) is 9.78 Å². The summed E-state index contributed by atoms with van der Waals surface area (Å²) in [4.78, 5) is 0. The van der Waals surface area contributed by atoms with Crippen LogP contribution in [0.3, 0.4) is 0 Å². The maximum Gasteiger partial charge on any atom is 0.0685 e. The zero-order chi connectivity index (χ0) is 11.5. The van der Waals surface area contributed by atoms with Crippen LogP contribution in [0.15, 0.2) is 30.5 Å². The number of aryl methyl sites for hydroxylation is 2. The molecule has 0 unspecified atom stereocenters. The maximum absolute atomic E-state index is 8.97. The summed E-state index contributed by atoms with van der Waals surface area (Å²) in [5.41, 5.74) is 4.71. The summed E-state index contributed by atoms with van der Waals surface area (Å²) in [5.74, 6) is 0. The number of aromatic nitrogens is 2. The third-order valence-corrected chi connectivity index (χ3v) is 2.70. The monoisotopic (exact) mass is 216 g/mol. The molecule has 0 radical (unpaired) electrons. The number of nitrogens with zero attached hydrogens (tertiary/aromatic N) is 2. The molecule has 0 aliphatic heterocycles. The van der Waals surface area contributed by atoms with E-state index in [0.29, 0.717) is 6.54 Å². The van der Waals surface area contributed by atoms with E-state index in [-0.39, 0.29) is 6.61 Å². The van der Waals surface area contributed by atoms with Gasteiger partial charge in [0, 0.05) is 11.8 Å². The molecule has 1 heterocycles. The van der Waals surface area contributed by atoms with Crippen LogP contribution in [0.5, 0.6) is 0 Å². The summed E-state index contributed by atoms with van der Waals surface area (Å²) in [6.45, 7) is 4.82. The Morgan fingerprint density at radius 1 is 1.25 bits per heavy atom. The summed E-state index contributed by atoms with van der Waals surface area (Å²) in [5, 5.41) is 13.2. The summed E-state index contributed by atoms with van der Waals surface area (Å²) in [6.07, 6.45) is 1.77. The molecule has 1 N–H and O–H groups in total. The van der Waals surface area contributed by atoms with Gasteiger partial charge in [-0.05, 0) is 31.5 Å². The zero-order valence-corrected chi connectivity index (χ0v) is 9.64. The van der Waals surface area contributed by atoms with Crippen LogP contribution in [0.4, 0.5) is 0 Å². The van der Waals surface area contributed by atoms with Crippen molar-refractivity contribution in [2.24, 2.45) is 0 Å². The van der Waals surface area contributed by atoms with Crippen molar-refractivity contribution in [3.63, 3.8) is 0 Å². The molecule has 0 saturated carbocycles. The normalized spacial score (nSPS) is 10.7. The molecule has 0 aliphatic carbocycles. The van der Waals surface area contributed by atoms with Gasteiger partial charge in [-0.1, -0.05) is 17.7 Å². The Morgan fingerprint density at radius 3 is 2.81 bits per heavy atom. The number of hydrogen-bond acceptors (Lipinski definition) is 2. The maximum atomic E-state index is 8.97. The second kappa shape index (κ2) is 4.49. The average Bonchev–Trinajstić information content (AvgIpc) is 2.70. The Kier molecular flexibility index (Phi) is 3.06. The molecule has 0 amide bonds. The Hall–Kier alpha value is -1.61. The summed E-state index contributed by atoms with van der Waals surface area (Å²) in [6, 6.07) is 8.35. The lowest BCUT2D eigenvalue weighted by molar-refractivity contribution is 0.270. The number of aliphatic hydroxyl groups excluding tert-OH is 1. The molecule has 84 valence electrons. The molecule has 3 nitrogen and oxygen atoms in total. The average molecular weight is 216 g/mol. The first-order valence-electron chi connectivity index (χ1n) is 5.42. The first kappa shape index (κ1) is 10.9. The van der Waals surface area contributed by atoms with E-state index in [1.54, 1.807) is 6.20 Å². The molecular formula is C13H16N2O. The number of aliphatic hydroxyl groups is 1. The third-order valence-electron chi connectivity index (χ3n) is 2.70. The van der Waals surface area contributed by atoms with E-state index in [0.717, 1.165) is 5.69 Å². The third kappa shape index (κ3) is 1.99. The van der Waals surface area contributed by atoms with Gasteiger partial charge in [-0.3, -0.25) is 4.68 Å². The highest BCUT2D eigenvalue weighted by Crippen LogP contribution is 2.24. The van der Waals surface area contributed by atoms with E-state index in [1.165, 1.54) is 16.7 Å². The molecule has 0 saturated heterocycles. The van der Waals surface area contributed by atoms with Gasteiger partial charge in [0.25, 0.3) is 0 Å². The molecule has 3 heteroatoms. The van der Waals surface area contributed by atoms with Crippen LogP contribution in [-0.4, -0.2) is 21.5 Å². The number of hydrogen-bond donors (Lipinski definition) is 1. The fraction of sp³-hybridized carbons (Fsp3) is 0.308. The molecule has 2 rings (SSSR count). The van der Waals surface area contributed by atoms with E-state index >= 15 is 0 Å². The molecule has 2 aromatic rings. The lowest BCUT2D eigenvalue weighted by atomic mass is 10.0. The van der Waals surface area contributed by atoms with Gasteiger partial charge in [-0.2, -0.15) is 5.10 Å². The van der Waals surface area contributed by atoms with Gasteiger partial charge in [0.05, 0.1) is 18.8 Å². The Bertz CT molecular complexity index is 488. The highest BCUT2D eigenvalue weighted by atomic mass is 16.3. The molecule has 0 spiro atoms. The van der Waals surface area contributed by atoms with Crippen molar-refractivity contribution in [2.75, 3.05) is 6.61 Å². The van der Waals surface area contributed by atoms with Gasteiger partial charge < -0.3 is 5.11 Å². The molecule has 0 aliphatic rings. The van der Waals surface area contributed by atoms with Crippen LogP contribution in [0.2, 0.25) is 0 Å². The fourth-order valence-electron chi connectivity index (χ4n) is 1.85. The van der Waals surface area contributed by atoms with Gasteiger partial charge in [0.15, 0.2) is 0 Å². The lowest BCUT2D eigenvalue weighted by Gasteiger charge is -2.09. The number of benzene rings is 1. The minimum absolute atomic E-state index is 0.111. The van der Waals surface area contributed by atoms with E-state index in [2.05, 4.69) is 37.1 Å². The van der Waals surface area contributed by atoms with Crippen LogP contribution >= 0.6 is 0 Å². The van der Waals surface area contributed by atoms with E-state index in [4.69, 9.17) is 5.11 Å². The second-order valence-corrected chi connectivity index (χ2v) is 3.98. The molecule has 0 bridgehead atoms. The van der Waals surface area contributed by atoms with Crippen LogP contribution in [0.25, 0.3) is 11.3 Å². The molecule has 0 fully saturated rings. The van der Waals surface area contributed by atoms with Gasteiger partial charge in [0.2, 0.25) is 0 Å². The van der Waals surface area contributed by atoms with Gasteiger partial charge in [0.1, 0.15) is 0 Å². The van der Waals surface area contributed by atoms with Crippen molar-refractivity contribution in [3.05, 3.63) is 41.6 Å². The quantitative estimate of drug-likeness (QED) is 0.853. The van der Waals surface area contributed by atoms with Crippen molar-refractivity contribution in [1.29, 1.82) is 0 Å².